The maximum absolute atomic E-state index is 10.0. The summed E-state index contributed by atoms with van der Waals surface area (Å²) in [6, 6.07) is 16.3. The molecule has 0 fully saturated rings. The van der Waals surface area contributed by atoms with Crippen LogP contribution in [0.4, 0.5) is 0 Å². The maximum atomic E-state index is 10.0. The van der Waals surface area contributed by atoms with Crippen molar-refractivity contribution in [3.8, 4) is 23.0 Å². The van der Waals surface area contributed by atoms with Gasteiger partial charge in [-0.3, -0.25) is 0 Å². The lowest BCUT2D eigenvalue weighted by Crippen LogP contribution is -2.32. The number of fused-ring (bicyclic) bond motifs is 6. The maximum Gasteiger partial charge on any atom is 0.156 e. The Bertz CT molecular complexity index is 1030. The van der Waals surface area contributed by atoms with E-state index in [1.807, 2.05) is 24.3 Å². The van der Waals surface area contributed by atoms with Crippen LogP contribution in [0.25, 0.3) is 0 Å². The SMILES string of the molecule is Oc1ccc2c(c1)Oc1c(ccc(O)c1Cl)C21OCc2ccccc21. The Hall–Kier alpha value is -2.69. The third-order valence-corrected chi connectivity index (χ3v) is 5.22. The number of hydrogen-bond acceptors (Lipinski definition) is 4. The first kappa shape index (κ1) is 14.6. The largest absolute Gasteiger partial charge is 0.508 e. The monoisotopic (exact) mass is 352 g/mol. The van der Waals surface area contributed by atoms with Crippen LogP contribution in [0, 0.1) is 0 Å². The molecule has 0 amide bonds. The van der Waals surface area contributed by atoms with E-state index in [9.17, 15) is 10.2 Å². The summed E-state index contributed by atoms with van der Waals surface area (Å²) in [5.41, 5.74) is 2.74. The lowest BCUT2D eigenvalue weighted by molar-refractivity contribution is 0.0199. The Kier molecular flexibility index (Phi) is 2.87. The number of ether oxygens (including phenoxy) is 2. The normalized spacial score (nSPS) is 19.9. The van der Waals surface area contributed by atoms with E-state index >= 15 is 0 Å². The summed E-state index contributed by atoms with van der Waals surface area (Å²) in [4.78, 5) is 0. The zero-order valence-electron chi connectivity index (χ0n) is 13.0. The number of rotatable bonds is 0. The number of hydrogen-bond donors (Lipinski definition) is 2. The molecule has 2 heterocycles. The quantitative estimate of drug-likeness (QED) is 0.616. The van der Waals surface area contributed by atoms with E-state index in [2.05, 4.69) is 0 Å². The van der Waals surface area contributed by atoms with Gasteiger partial charge in [-0.15, -0.1) is 0 Å². The van der Waals surface area contributed by atoms with Gasteiger partial charge in [-0.05, 0) is 35.4 Å². The van der Waals surface area contributed by atoms with Crippen molar-refractivity contribution in [2.45, 2.75) is 12.2 Å². The van der Waals surface area contributed by atoms with Crippen LogP contribution >= 0.6 is 11.6 Å². The summed E-state index contributed by atoms with van der Waals surface area (Å²) in [7, 11) is 0. The Morgan fingerprint density at radius 2 is 1.72 bits per heavy atom. The van der Waals surface area contributed by atoms with E-state index in [-0.39, 0.29) is 16.5 Å². The van der Waals surface area contributed by atoms with Crippen molar-refractivity contribution in [1.29, 1.82) is 0 Å². The average Bonchev–Trinajstić information content (AvgIpc) is 2.99. The molecule has 2 aliphatic rings. The third kappa shape index (κ3) is 1.81. The second kappa shape index (κ2) is 4.91. The van der Waals surface area contributed by atoms with Gasteiger partial charge < -0.3 is 19.7 Å². The summed E-state index contributed by atoms with van der Waals surface area (Å²) in [5.74, 6) is 0.818. The molecule has 5 heteroatoms. The van der Waals surface area contributed by atoms with Gasteiger partial charge in [-0.25, -0.2) is 0 Å². The molecule has 0 saturated heterocycles. The number of phenols is 2. The highest BCUT2D eigenvalue weighted by molar-refractivity contribution is 6.33. The van der Waals surface area contributed by atoms with Crippen LogP contribution in [0.3, 0.4) is 0 Å². The summed E-state index contributed by atoms with van der Waals surface area (Å²) in [5, 5.41) is 20.0. The molecular formula is C20H13ClO4. The summed E-state index contributed by atoms with van der Waals surface area (Å²) in [6.45, 7) is 0.453. The zero-order chi connectivity index (χ0) is 17.2. The molecule has 3 aromatic carbocycles. The molecule has 1 atom stereocenters. The topological polar surface area (TPSA) is 58.9 Å². The molecular weight excluding hydrogens is 340 g/mol. The highest BCUT2D eigenvalue weighted by Crippen LogP contribution is 2.58. The van der Waals surface area contributed by atoms with Crippen molar-refractivity contribution in [2.24, 2.45) is 0 Å². The molecule has 0 aliphatic carbocycles. The van der Waals surface area contributed by atoms with Crippen molar-refractivity contribution >= 4 is 11.6 Å². The molecule has 2 N–H and O–H groups in total. The molecule has 2 aliphatic heterocycles. The molecule has 0 aromatic heterocycles. The molecule has 0 saturated carbocycles. The predicted octanol–water partition coefficient (Wildman–Crippen LogP) is 4.68. The first-order valence-electron chi connectivity index (χ1n) is 7.87. The van der Waals surface area contributed by atoms with Crippen molar-refractivity contribution in [2.75, 3.05) is 0 Å². The fourth-order valence-corrected chi connectivity index (χ4v) is 3.97. The van der Waals surface area contributed by atoms with Crippen molar-refractivity contribution in [3.05, 3.63) is 81.9 Å². The van der Waals surface area contributed by atoms with E-state index in [1.165, 1.54) is 6.07 Å². The van der Waals surface area contributed by atoms with Gasteiger partial charge in [-0.2, -0.15) is 0 Å². The van der Waals surface area contributed by atoms with Gasteiger partial charge in [0.2, 0.25) is 0 Å². The fourth-order valence-electron chi connectivity index (χ4n) is 3.76. The van der Waals surface area contributed by atoms with Crippen LogP contribution in [0.15, 0.2) is 54.6 Å². The van der Waals surface area contributed by atoms with Gasteiger partial charge >= 0.3 is 0 Å². The van der Waals surface area contributed by atoms with Gasteiger partial charge in [0.05, 0.1) is 6.61 Å². The molecule has 0 radical (unpaired) electrons. The highest BCUT2D eigenvalue weighted by Gasteiger charge is 2.50. The van der Waals surface area contributed by atoms with Crippen LogP contribution in [0.1, 0.15) is 22.3 Å². The zero-order valence-corrected chi connectivity index (χ0v) is 13.7. The Labute approximate surface area is 148 Å². The van der Waals surface area contributed by atoms with Crippen LogP contribution in [0.2, 0.25) is 5.02 Å². The Balaban J connectivity index is 1.91. The van der Waals surface area contributed by atoms with Crippen molar-refractivity contribution < 1.29 is 19.7 Å². The second-order valence-corrected chi connectivity index (χ2v) is 6.56. The highest BCUT2D eigenvalue weighted by atomic mass is 35.5. The van der Waals surface area contributed by atoms with E-state index in [0.717, 1.165) is 22.3 Å². The van der Waals surface area contributed by atoms with E-state index < -0.39 is 5.60 Å². The fraction of sp³-hybridized carbons (Fsp3) is 0.100. The molecule has 5 rings (SSSR count). The summed E-state index contributed by atoms with van der Waals surface area (Å²) < 4.78 is 12.3. The van der Waals surface area contributed by atoms with Gasteiger partial charge in [0.1, 0.15) is 22.3 Å². The molecule has 25 heavy (non-hydrogen) atoms. The van der Waals surface area contributed by atoms with Crippen molar-refractivity contribution in [3.63, 3.8) is 0 Å². The second-order valence-electron chi connectivity index (χ2n) is 6.18. The first-order valence-corrected chi connectivity index (χ1v) is 8.24. The van der Waals surface area contributed by atoms with E-state index in [4.69, 9.17) is 21.1 Å². The summed E-state index contributed by atoms with van der Waals surface area (Å²) >= 11 is 6.31. The Morgan fingerprint density at radius 3 is 2.60 bits per heavy atom. The van der Waals surface area contributed by atoms with Gasteiger partial charge in [0.25, 0.3) is 0 Å². The van der Waals surface area contributed by atoms with Crippen LogP contribution < -0.4 is 4.74 Å². The van der Waals surface area contributed by atoms with Crippen molar-refractivity contribution in [1.82, 2.24) is 0 Å². The lowest BCUT2D eigenvalue weighted by atomic mass is 9.77. The number of phenolic OH excluding ortho intramolecular Hbond substituents is 2. The molecule has 0 bridgehead atoms. The third-order valence-electron chi connectivity index (χ3n) is 4.85. The number of benzene rings is 3. The minimum atomic E-state index is -0.884. The molecule has 3 aromatic rings. The van der Waals surface area contributed by atoms with E-state index in [0.29, 0.717) is 18.1 Å². The van der Waals surface area contributed by atoms with Gasteiger partial charge in [-0.1, -0.05) is 35.9 Å². The molecule has 1 spiro atoms. The lowest BCUT2D eigenvalue weighted by Gasteiger charge is -2.37. The van der Waals surface area contributed by atoms with Crippen LogP contribution in [0.5, 0.6) is 23.0 Å². The smallest absolute Gasteiger partial charge is 0.156 e. The predicted molar refractivity (Wildman–Crippen MR) is 92.4 cm³/mol. The standard InChI is InChI=1S/C20H13ClO4/c21-18-16(23)8-7-15-19(18)25-17-9-12(22)5-6-14(17)20(15)13-4-2-1-3-11(13)10-24-20/h1-9,22-23H,10H2. The first-order chi connectivity index (χ1) is 12.1. The number of aromatic hydroxyl groups is 2. The van der Waals surface area contributed by atoms with Gasteiger partial charge in [0.15, 0.2) is 11.4 Å². The van der Waals surface area contributed by atoms with Crippen LogP contribution in [-0.2, 0) is 16.9 Å². The minimum absolute atomic E-state index is 0.0644. The number of halogens is 1. The van der Waals surface area contributed by atoms with Crippen LogP contribution in [-0.4, -0.2) is 10.2 Å². The Morgan fingerprint density at radius 1 is 0.920 bits per heavy atom. The molecule has 1 unspecified atom stereocenters. The average molecular weight is 353 g/mol. The van der Waals surface area contributed by atoms with Gasteiger partial charge in [0, 0.05) is 17.2 Å². The van der Waals surface area contributed by atoms with E-state index in [1.54, 1.807) is 24.3 Å². The molecule has 124 valence electrons. The minimum Gasteiger partial charge on any atom is -0.508 e. The molecule has 4 nitrogen and oxygen atoms in total. The summed E-state index contributed by atoms with van der Waals surface area (Å²) in [6.07, 6.45) is 0.